The van der Waals surface area contributed by atoms with E-state index in [1.807, 2.05) is 0 Å². The summed E-state index contributed by atoms with van der Waals surface area (Å²) in [7, 11) is -3.79. The van der Waals surface area contributed by atoms with Crippen molar-refractivity contribution >= 4 is 31.7 Å². The smallest absolute Gasteiger partial charge is 0.387 e. The fraction of sp³-hybridized carbons (Fsp3) is 0.133. The number of nitrogens with zero attached hydrogens (tertiary/aromatic N) is 1. The van der Waals surface area contributed by atoms with Crippen LogP contribution in [0.5, 0.6) is 5.75 Å². The van der Waals surface area contributed by atoms with Gasteiger partial charge in [-0.1, -0.05) is 15.9 Å². The quantitative estimate of drug-likeness (QED) is 0.573. The Bertz CT molecular complexity index is 823. The van der Waals surface area contributed by atoms with Crippen LogP contribution in [-0.2, 0) is 10.0 Å². The zero-order valence-electron chi connectivity index (χ0n) is 12.4. The van der Waals surface area contributed by atoms with E-state index in [2.05, 4.69) is 30.6 Å². The number of hydrazone groups is 1. The Labute approximate surface area is 146 Å². The second-order valence-corrected chi connectivity index (χ2v) is 7.23. The lowest BCUT2D eigenvalue weighted by Crippen LogP contribution is -2.19. The van der Waals surface area contributed by atoms with Crippen molar-refractivity contribution in [2.75, 3.05) is 0 Å². The summed E-state index contributed by atoms with van der Waals surface area (Å²) < 4.78 is 53.4. The summed E-state index contributed by atoms with van der Waals surface area (Å²) in [5.74, 6) is 0.0111. The van der Waals surface area contributed by atoms with Crippen LogP contribution < -0.4 is 9.57 Å². The molecule has 5 nitrogen and oxygen atoms in total. The molecule has 0 aliphatic carbocycles. The van der Waals surface area contributed by atoms with Crippen LogP contribution in [0, 0.1) is 0 Å². The molecule has 9 heteroatoms. The molecule has 0 unspecified atom stereocenters. The minimum absolute atomic E-state index is 0.0111. The van der Waals surface area contributed by atoms with E-state index in [0.29, 0.717) is 11.3 Å². The maximum Gasteiger partial charge on any atom is 0.387 e. The molecule has 0 bridgehead atoms. The molecule has 0 aliphatic heterocycles. The standard InChI is InChI=1S/C15H13BrF2N2O3S/c1-10(11-2-6-13(7-3-11)23-15(17)18)19-20-24(21,22)14-8-4-12(16)5-9-14/h2-9,15,20H,1H3. The largest absolute Gasteiger partial charge is 0.435 e. The van der Waals surface area contributed by atoms with Crippen molar-refractivity contribution in [1.82, 2.24) is 4.83 Å². The third-order valence-corrected chi connectivity index (χ3v) is 4.71. The molecule has 0 aromatic heterocycles. The van der Waals surface area contributed by atoms with Gasteiger partial charge in [-0.2, -0.15) is 27.1 Å². The minimum Gasteiger partial charge on any atom is -0.435 e. The van der Waals surface area contributed by atoms with Gasteiger partial charge in [0.2, 0.25) is 0 Å². The number of ether oxygens (including phenoxy) is 1. The second kappa shape index (κ2) is 7.71. The van der Waals surface area contributed by atoms with Gasteiger partial charge < -0.3 is 4.74 Å². The highest BCUT2D eigenvalue weighted by atomic mass is 79.9. The van der Waals surface area contributed by atoms with Crippen LogP contribution >= 0.6 is 15.9 Å². The molecule has 24 heavy (non-hydrogen) atoms. The summed E-state index contributed by atoms with van der Waals surface area (Å²) >= 11 is 3.23. The molecule has 0 atom stereocenters. The molecular weight excluding hydrogens is 406 g/mol. The van der Waals surface area contributed by atoms with Gasteiger partial charge in [0.05, 0.1) is 10.6 Å². The van der Waals surface area contributed by atoms with Crippen molar-refractivity contribution in [3.8, 4) is 5.75 Å². The molecule has 0 spiro atoms. The number of hydrogen-bond donors (Lipinski definition) is 1. The highest BCUT2D eigenvalue weighted by Gasteiger charge is 2.13. The molecule has 2 aromatic carbocycles. The van der Waals surface area contributed by atoms with Crippen molar-refractivity contribution in [2.24, 2.45) is 5.10 Å². The Morgan fingerprint density at radius 3 is 2.25 bits per heavy atom. The normalized spacial score (nSPS) is 12.3. The van der Waals surface area contributed by atoms with Crippen molar-refractivity contribution in [3.63, 3.8) is 0 Å². The van der Waals surface area contributed by atoms with Crippen LogP contribution in [0.2, 0.25) is 0 Å². The summed E-state index contributed by atoms with van der Waals surface area (Å²) in [6, 6.07) is 11.8. The highest BCUT2D eigenvalue weighted by molar-refractivity contribution is 9.10. The van der Waals surface area contributed by atoms with Crippen LogP contribution in [0.4, 0.5) is 8.78 Å². The second-order valence-electron chi connectivity index (χ2n) is 4.65. The third kappa shape index (κ3) is 5.00. The Hall–Kier alpha value is -2.00. The number of alkyl halides is 2. The zero-order chi connectivity index (χ0) is 17.7. The van der Waals surface area contributed by atoms with E-state index in [-0.39, 0.29) is 10.6 Å². The van der Waals surface area contributed by atoms with E-state index < -0.39 is 16.6 Å². The Kier molecular flexibility index (Phi) is 5.89. The van der Waals surface area contributed by atoms with Gasteiger partial charge in [0.15, 0.2) is 0 Å². The number of rotatable bonds is 6. The first-order valence-corrected chi connectivity index (χ1v) is 8.92. The number of hydrogen-bond acceptors (Lipinski definition) is 4. The Morgan fingerprint density at radius 2 is 1.71 bits per heavy atom. The molecule has 0 fully saturated rings. The molecule has 0 amide bonds. The fourth-order valence-corrected chi connectivity index (χ4v) is 2.86. The van der Waals surface area contributed by atoms with Gasteiger partial charge in [-0.15, -0.1) is 0 Å². The van der Waals surface area contributed by atoms with Crippen molar-refractivity contribution in [2.45, 2.75) is 18.4 Å². The molecule has 0 radical (unpaired) electrons. The first-order chi connectivity index (χ1) is 11.3. The lowest BCUT2D eigenvalue weighted by Gasteiger charge is -2.07. The van der Waals surface area contributed by atoms with E-state index >= 15 is 0 Å². The predicted molar refractivity (Wildman–Crippen MR) is 89.7 cm³/mol. The highest BCUT2D eigenvalue weighted by Crippen LogP contribution is 2.16. The van der Waals surface area contributed by atoms with Gasteiger partial charge in [-0.3, -0.25) is 0 Å². The minimum atomic E-state index is -3.79. The first kappa shape index (κ1) is 18.3. The number of nitrogens with one attached hydrogen (secondary N) is 1. The summed E-state index contributed by atoms with van der Waals surface area (Å²) in [6.07, 6.45) is 0. The summed E-state index contributed by atoms with van der Waals surface area (Å²) in [4.78, 5) is 2.21. The average Bonchev–Trinajstić information content (AvgIpc) is 2.53. The van der Waals surface area contributed by atoms with E-state index in [9.17, 15) is 17.2 Å². The number of sulfonamides is 1. The maximum atomic E-state index is 12.1. The Balaban J connectivity index is 2.11. The third-order valence-electron chi connectivity index (χ3n) is 2.95. The average molecular weight is 419 g/mol. The molecule has 0 saturated carbocycles. The predicted octanol–water partition coefficient (Wildman–Crippen LogP) is 3.75. The van der Waals surface area contributed by atoms with E-state index in [1.54, 1.807) is 19.1 Å². The Morgan fingerprint density at radius 1 is 1.12 bits per heavy atom. The number of benzene rings is 2. The van der Waals surface area contributed by atoms with E-state index in [4.69, 9.17) is 0 Å². The zero-order valence-corrected chi connectivity index (χ0v) is 14.8. The first-order valence-electron chi connectivity index (χ1n) is 6.65. The molecule has 2 rings (SSSR count). The van der Waals surface area contributed by atoms with Gasteiger partial charge in [0.25, 0.3) is 10.0 Å². The lowest BCUT2D eigenvalue weighted by atomic mass is 10.1. The van der Waals surface area contributed by atoms with Crippen LogP contribution in [0.1, 0.15) is 12.5 Å². The molecule has 0 aliphatic rings. The summed E-state index contributed by atoms with van der Waals surface area (Å²) in [5, 5.41) is 3.83. The monoisotopic (exact) mass is 418 g/mol. The topological polar surface area (TPSA) is 67.8 Å². The SMILES string of the molecule is CC(=NNS(=O)(=O)c1ccc(Br)cc1)c1ccc(OC(F)F)cc1. The number of halogens is 3. The van der Waals surface area contributed by atoms with Crippen LogP contribution in [-0.4, -0.2) is 20.7 Å². The maximum absolute atomic E-state index is 12.1. The van der Waals surface area contributed by atoms with Gasteiger partial charge in [0, 0.05) is 4.47 Å². The molecule has 1 N–H and O–H groups in total. The molecular formula is C15H13BrF2N2O3S. The van der Waals surface area contributed by atoms with Crippen molar-refractivity contribution < 1.29 is 21.9 Å². The molecule has 0 saturated heterocycles. The molecule has 0 heterocycles. The van der Waals surface area contributed by atoms with E-state index in [1.165, 1.54) is 36.4 Å². The fourth-order valence-electron chi connectivity index (χ4n) is 1.74. The van der Waals surface area contributed by atoms with Gasteiger partial charge >= 0.3 is 6.61 Å². The van der Waals surface area contributed by atoms with Crippen LogP contribution in [0.15, 0.2) is 63.0 Å². The lowest BCUT2D eigenvalue weighted by molar-refractivity contribution is -0.0498. The van der Waals surface area contributed by atoms with Gasteiger partial charge in [-0.25, -0.2) is 0 Å². The molecule has 2 aromatic rings. The summed E-state index contributed by atoms with van der Waals surface area (Å²) in [5.41, 5.74) is 0.939. The van der Waals surface area contributed by atoms with E-state index in [0.717, 1.165) is 4.47 Å². The van der Waals surface area contributed by atoms with Crippen LogP contribution in [0.25, 0.3) is 0 Å². The van der Waals surface area contributed by atoms with Gasteiger partial charge in [-0.05, 0) is 61.0 Å². The van der Waals surface area contributed by atoms with Crippen molar-refractivity contribution in [1.29, 1.82) is 0 Å². The van der Waals surface area contributed by atoms with Gasteiger partial charge in [0.1, 0.15) is 5.75 Å². The summed E-state index contributed by atoms with van der Waals surface area (Å²) in [6.45, 7) is -1.31. The van der Waals surface area contributed by atoms with Crippen molar-refractivity contribution in [3.05, 3.63) is 58.6 Å². The molecule has 128 valence electrons. The van der Waals surface area contributed by atoms with Crippen LogP contribution in [0.3, 0.4) is 0 Å².